The second-order valence-corrected chi connectivity index (χ2v) is 5.76. The van der Waals surface area contributed by atoms with E-state index in [0.29, 0.717) is 13.2 Å². The van der Waals surface area contributed by atoms with Crippen molar-refractivity contribution in [2.24, 2.45) is 5.41 Å². The number of morpholine rings is 1. The van der Waals surface area contributed by atoms with Crippen LogP contribution in [0.4, 0.5) is 0 Å². The molecule has 2 fully saturated rings. The van der Waals surface area contributed by atoms with Crippen LogP contribution in [0.5, 0.6) is 0 Å². The summed E-state index contributed by atoms with van der Waals surface area (Å²) in [6.45, 7) is 9.06. The molecule has 0 unspecified atom stereocenters. The lowest BCUT2D eigenvalue weighted by atomic mass is 9.58. The lowest BCUT2D eigenvalue weighted by molar-refractivity contribution is -0.150. The number of hydrogen-bond donors (Lipinski definition) is 2. The predicted octanol–water partition coefficient (Wildman–Crippen LogP) is 1.07. The van der Waals surface area contributed by atoms with Gasteiger partial charge in [-0.3, -0.25) is 4.79 Å². The Bertz CT molecular complexity index is 325. The Balaban J connectivity index is 1.93. The van der Waals surface area contributed by atoms with E-state index in [1.165, 1.54) is 0 Å². The maximum atomic E-state index is 12.3. The Hall–Kier alpha value is -0.650. The number of carbonyl (C=O) groups excluding carboxylic acids is 1. The standard InChI is InChI=1S/C15H28N2O3/c1-4-15(5-2)12(9-13(15)20-6-3)17-14(18)11-10-19-8-7-16-11/h11-13,16H,4-10H2,1-3H3,(H,17,18)/t11-,12-,13-/m1/s1. The summed E-state index contributed by atoms with van der Waals surface area (Å²) in [5.74, 6) is 0.0657. The van der Waals surface area contributed by atoms with Crippen molar-refractivity contribution in [1.82, 2.24) is 10.6 Å². The number of carbonyl (C=O) groups is 1. The molecule has 1 aliphatic heterocycles. The Morgan fingerprint density at radius 2 is 2.15 bits per heavy atom. The molecule has 2 N–H and O–H groups in total. The van der Waals surface area contributed by atoms with Crippen LogP contribution in [0.25, 0.3) is 0 Å². The van der Waals surface area contributed by atoms with Crippen molar-refractivity contribution in [3.05, 3.63) is 0 Å². The zero-order valence-electron chi connectivity index (χ0n) is 12.9. The molecule has 0 aromatic heterocycles. The minimum Gasteiger partial charge on any atom is -0.378 e. The first-order valence-electron chi connectivity index (χ1n) is 7.91. The number of ether oxygens (including phenoxy) is 2. The third kappa shape index (κ3) is 2.85. The summed E-state index contributed by atoms with van der Waals surface area (Å²) < 4.78 is 11.2. The number of amides is 1. The molecule has 1 aliphatic carbocycles. The maximum Gasteiger partial charge on any atom is 0.239 e. The normalized spacial score (nSPS) is 32.5. The van der Waals surface area contributed by atoms with Crippen molar-refractivity contribution in [1.29, 1.82) is 0 Å². The molecule has 5 heteroatoms. The second-order valence-electron chi connectivity index (χ2n) is 5.76. The highest BCUT2D eigenvalue weighted by molar-refractivity contribution is 5.82. The van der Waals surface area contributed by atoms with Crippen molar-refractivity contribution in [2.45, 2.75) is 58.2 Å². The summed E-state index contributed by atoms with van der Waals surface area (Å²) in [6.07, 6.45) is 3.28. The largest absolute Gasteiger partial charge is 0.378 e. The Morgan fingerprint density at radius 3 is 2.70 bits per heavy atom. The zero-order valence-corrected chi connectivity index (χ0v) is 12.9. The van der Waals surface area contributed by atoms with Gasteiger partial charge in [0.15, 0.2) is 0 Å². The Labute approximate surface area is 121 Å². The van der Waals surface area contributed by atoms with E-state index in [1.807, 2.05) is 6.92 Å². The summed E-state index contributed by atoms with van der Waals surface area (Å²) in [5.41, 5.74) is 0.0984. The molecule has 0 radical (unpaired) electrons. The van der Waals surface area contributed by atoms with E-state index < -0.39 is 0 Å². The van der Waals surface area contributed by atoms with Crippen LogP contribution < -0.4 is 10.6 Å². The molecular formula is C15H28N2O3. The molecule has 0 spiro atoms. The van der Waals surface area contributed by atoms with Gasteiger partial charge in [-0.05, 0) is 26.2 Å². The highest BCUT2D eigenvalue weighted by Crippen LogP contribution is 2.48. The highest BCUT2D eigenvalue weighted by atomic mass is 16.5. The topological polar surface area (TPSA) is 59.6 Å². The van der Waals surface area contributed by atoms with Crippen LogP contribution in [-0.4, -0.2) is 50.5 Å². The van der Waals surface area contributed by atoms with Gasteiger partial charge in [0.25, 0.3) is 0 Å². The molecule has 2 rings (SSSR count). The number of rotatable bonds is 6. The van der Waals surface area contributed by atoms with Gasteiger partial charge in [-0.25, -0.2) is 0 Å². The number of hydrogen-bond acceptors (Lipinski definition) is 4. The molecule has 1 saturated carbocycles. The number of nitrogens with one attached hydrogen (secondary N) is 2. The van der Waals surface area contributed by atoms with E-state index in [4.69, 9.17) is 9.47 Å². The van der Waals surface area contributed by atoms with Crippen molar-refractivity contribution >= 4 is 5.91 Å². The Morgan fingerprint density at radius 1 is 1.40 bits per heavy atom. The lowest BCUT2D eigenvalue weighted by Gasteiger charge is -2.55. The monoisotopic (exact) mass is 284 g/mol. The summed E-state index contributed by atoms with van der Waals surface area (Å²) in [6, 6.07) is 0.0200. The van der Waals surface area contributed by atoms with E-state index >= 15 is 0 Å². The van der Waals surface area contributed by atoms with Gasteiger partial charge in [0.05, 0.1) is 19.3 Å². The van der Waals surface area contributed by atoms with Crippen LogP contribution in [0.2, 0.25) is 0 Å². The molecule has 0 bridgehead atoms. The van der Waals surface area contributed by atoms with Crippen molar-refractivity contribution in [2.75, 3.05) is 26.4 Å². The molecule has 2 aliphatic rings. The van der Waals surface area contributed by atoms with Gasteiger partial charge in [0.2, 0.25) is 5.91 Å². The van der Waals surface area contributed by atoms with Gasteiger partial charge < -0.3 is 20.1 Å². The van der Waals surface area contributed by atoms with Crippen molar-refractivity contribution in [3.8, 4) is 0 Å². The minimum absolute atomic E-state index is 0.0657. The van der Waals surface area contributed by atoms with Crippen LogP contribution in [-0.2, 0) is 14.3 Å². The molecule has 1 heterocycles. The van der Waals surface area contributed by atoms with Crippen LogP contribution >= 0.6 is 0 Å². The summed E-state index contributed by atoms with van der Waals surface area (Å²) in [4.78, 5) is 12.3. The van der Waals surface area contributed by atoms with E-state index in [9.17, 15) is 4.79 Å². The smallest absolute Gasteiger partial charge is 0.239 e. The molecule has 1 saturated heterocycles. The first-order valence-corrected chi connectivity index (χ1v) is 7.91. The fourth-order valence-electron chi connectivity index (χ4n) is 3.59. The summed E-state index contributed by atoms with van der Waals surface area (Å²) in [7, 11) is 0. The van der Waals surface area contributed by atoms with E-state index in [1.54, 1.807) is 0 Å². The minimum atomic E-state index is -0.207. The molecule has 20 heavy (non-hydrogen) atoms. The Kier molecular flexibility index (Phi) is 5.41. The van der Waals surface area contributed by atoms with Crippen LogP contribution in [0, 0.1) is 5.41 Å². The van der Waals surface area contributed by atoms with Gasteiger partial charge in [-0.2, -0.15) is 0 Å². The second kappa shape index (κ2) is 6.87. The van der Waals surface area contributed by atoms with E-state index in [-0.39, 0.29) is 29.5 Å². The zero-order chi connectivity index (χ0) is 14.6. The summed E-state index contributed by atoms with van der Waals surface area (Å²) >= 11 is 0. The maximum absolute atomic E-state index is 12.3. The third-order valence-electron chi connectivity index (χ3n) is 5.02. The molecule has 3 atom stereocenters. The SMILES string of the molecule is CCO[C@@H]1C[C@@H](NC(=O)[C@H]2COCCN2)C1(CC)CC. The average Bonchev–Trinajstić information content (AvgIpc) is 2.48. The first kappa shape index (κ1) is 15.7. The fourth-order valence-corrected chi connectivity index (χ4v) is 3.59. The van der Waals surface area contributed by atoms with E-state index in [2.05, 4.69) is 24.5 Å². The molecule has 5 nitrogen and oxygen atoms in total. The van der Waals surface area contributed by atoms with Gasteiger partial charge in [0, 0.05) is 24.6 Å². The third-order valence-corrected chi connectivity index (χ3v) is 5.02. The van der Waals surface area contributed by atoms with Crippen LogP contribution in [0.1, 0.15) is 40.0 Å². The van der Waals surface area contributed by atoms with Gasteiger partial charge in [-0.1, -0.05) is 13.8 Å². The quantitative estimate of drug-likeness (QED) is 0.766. The van der Waals surface area contributed by atoms with E-state index in [0.717, 1.165) is 32.4 Å². The molecule has 0 aromatic carbocycles. The molecule has 1 amide bonds. The predicted molar refractivity (Wildman–Crippen MR) is 77.6 cm³/mol. The highest BCUT2D eigenvalue weighted by Gasteiger charge is 2.54. The molecular weight excluding hydrogens is 256 g/mol. The van der Waals surface area contributed by atoms with Crippen molar-refractivity contribution < 1.29 is 14.3 Å². The van der Waals surface area contributed by atoms with Gasteiger partial charge in [0.1, 0.15) is 6.04 Å². The average molecular weight is 284 g/mol. The molecule has 116 valence electrons. The van der Waals surface area contributed by atoms with Crippen LogP contribution in [0.15, 0.2) is 0 Å². The van der Waals surface area contributed by atoms with Crippen LogP contribution in [0.3, 0.4) is 0 Å². The van der Waals surface area contributed by atoms with Crippen molar-refractivity contribution in [3.63, 3.8) is 0 Å². The van der Waals surface area contributed by atoms with Gasteiger partial charge >= 0.3 is 0 Å². The first-order chi connectivity index (χ1) is 9.67. The fraction of sp³-hybridized carbons (Fsp3) is 0.933. The summed E-state index contributed by atoms with van der Waals surface area (Å²) in [5, 5.41) is 6.41. The lowest BCUT2D eigenvalue weighted by Crippen LogP contribution is -2.66. The molecule has 0 aromatic rings. The van der Waals surface area contributed by atoms with Gasteiger partial charge in [-0.15, -0.1) is 0 Å².